The lowest BCUT2D eigenvalue weighted by molar-refractivity contribution is -0.118. The lowest BCUT2D eigenvalue weighted by Crippen LogP contribution is -2.25. The highest BCUT2D eigenvalue weighted by atomic mass is 32.2. The van der Waals surface area contributed by atoms with E-state index in [4.69, 9.17) is 5.73 Å². The number of amides is 1. The molecule has 0 saturated heterocycles. The number of nitrogen functional groups attached to an aromatic ring is 1. The first-order valence-corrected chi connectivity index (χ1v) is 7.29. The Balaban J connectivity index is 2.59. The van der Waals surface area contributed by atoms with Gasteiger partial charge in [0.1, 0.15) is 5.03 Å². The zero-order valence-electron chi connectivity index (χ0n) is 11.3. The Labute approximate surface area is 112 Å². The molecule has 6 heteroatoms. The third kappa shape index (κ3) is 3.94. The number of nitrogens with zero attached hydrogens (tertiary/aromatic N) is 2. The smallest absolute Gasteiger partial charge is 0.230 e. The number of aromatic nitrogens is 2. The van der Waals surface area contributed by atoms with Crippen molar-refractivity contribution in [3.8, 4) is 0 Å². The number of carbonyl (C=O) groups is 1. The van der Waals surface area contributed by atoms with Crippen LogP contribution in [0.3, 0.4) is 0 Å². The maximum atomic E-state index is 11.5. The van der Waals surface area contributed by atoms with Crippen LogP contribution in [0.2, 0.25) is 0 Å². The second kappa shape index (κ2) is 7.31. The number of rotatable bonds is 7. The number of nitrogens with two attached hydrogens (primary N) is 1. The van der Waals surface area contributed by atoms with Gasteiger partial charge in [-0.2, -0.15) is 5.10 Å². The quantitative estimate of drug-likeness (QED) is 0.738. The molecule has 0 atom stereocenters. The second-order valence-electron chi connectivity index (χ2n) is 4.18. The van der Waals surface area contributed by atoms with Gasteiger partial charge in [-0.05, 0) is 12.8 Å². The fourth-order valence-corrected chi connectivity index (χ4v) is 2.49. The van der Waals surface area contributed by atoms with Gasteiger partial charge in [0.05, 0.1) is 17.1 Å². The van der Waals surface area contributed by atoms with Gasteiger partial charge in [0, 0.05) is 13.6 Å². The summed E-state index contributed by atoms with van der Waals surface area (Å²) in [6, 6.07) is 0. The SMILES string of the molecule is CCCNC(=O)CSc1c(N)c(CCC)nn1C. The van der Waals surface area contributed by atoms with Crippen molar-refractivity contribution in [1.82, 2.24) is 15.1 Å². The van der Waals surface area contributed by atoms with Gasteiger partial charge >= 0.3 is 0 Å². The highest BCUT2D eigenvalue weighted by Gasteiger charge is 2.14. The third-order valence-electron chi connectivity index (χ3n) is 2.50. The number of aryl methyl sites for hydroxylation is 2. The van der Waals surface area contributed by atoms with Gasteiger partial charge in [-0.15, -0.1) is 0 Å². The summed E-state index contributed by atoms with van der Waals surface area (Å²) in [4.78, 5) is 11.5. The summed E-state index contributed by atoms with van der Waals surface area (Å²) in [6.45, 7) is 4.85. The molecule has 1 aromatic rings. The summed E-state index contributed by atoms with van der Waals surface area (Å²) in [6.07, 6.45) is 2.84. The van der Waals surface area contributed by atoms with Crippen LogP contribution in [0.1, 0.15) is 32.4 Å². The Hall–Kier alpha value is -1.17. The molecule has 0 bridgehead atoms. The van der Waals surface area contributed by atoms with E-state index in [0.717, 1.165) is 36.5 Å². The fourth-order valence-electron chi connectivity index (χ4n) is 1.62. The van der Waals surface area contributed by atoms with Crippen molar-refractivity contribution in [2.24, 2.45) is 7.05 Å². The zero-order chi connectivity index (χ0) is 13.5. The van der Waals surface area contributed by atoms with E-state index in [1.54, 1.807) is 4.68 Å². The zero-order valence-corrected chi connectivity index (χ0v) is 12.1. The minimum absolute atomic E-state index is 0.0412. The maximum Gasteiger partial charge on any atom is 0.230 e. The van der Waals surface area contributed by atoms with Gasteiger partial charge in [0.15, 0.2) is 0 Å². The highest BCUT2D eigenvalue weighted by Crippen LogP contribution is 2.27. The van der Waals surface area contributed by atoms with Crippen LogP contribution in [-0.4, -0.2) is 28.0 Å². The molecule has 1 aromatic heterocycles. The summed E-state index contributed by atoms with van der Waals surface area (Å²) in [5.41, 5.74) is 7.68. The van der Waals surface area contributed by atoms with E-state index < -0.39 is 0 Å². The Kier molecular flexibility index (Phi) is 6.04. The third-order valence-corrected chi connectivity index (χ3v) is 3.67. The molecule has 0 spiro atoms. The van der Waals surface area contributed by atoms with E-state index in [-0.39, 0.29) is 5.91 Å². The van der Waals surface area contributed by atoms with E-state index >= 15 is 0 Å². The Morgan fingerprint density at radius 1 is 1.44 bits per heavy atom. The van der Waals surface area contributed by atoms with E-state index in [9.17, 15) is 4.79 Å². The molecule has 1 amide bonds. The van der Waals surface area contributed by atoms with Crippen molar-refractivity contribution in [2.75, 3.05) is 18.0 Å². The minimum atomic E-state index is 0.0412. The maximum absolute atomic E-state index is 11.5. The average molecular weight is 270 g/mol. The average Bonchev–Trinajstić information content (AvgIpc) is 2.60. The van der Waals surface area contributed by atoms with Gasteiger partial charge in [0.2, 0.25) is 5.91 Å². The van der Waals surface area contributed by atoms with Crippen molar-refractivity contribution in [2.45, 2.75) is 38.1 Å². The van der Waals surface area contributed by atoms with Gasteiger partial charge in [-0.3, -0.25) is 9.48 Å². The molecule has 0 radical (unpaired) electrons. The molecule has 1 heterocycles. The van der Waals surface area contributed by atoms with Gasteiger partial charge < -0.3 is 11.1 Å². The Morgan fingerprint density at radius 2 is 2.17 bits per heavy atom. The van der Waals surface area contributed by atoms with Crippen LogP contribution in [0.4, 0.5) is 5.69 Å². The number of carbonyl (C=O) groups excluding carboxylic acids is 1. The lowest BCUT2D eigenvalue weighted by Gasteiger charge is -2.04. The standard InChI is InChI=1S/C12H22N4OS/c1-4-6-9-11(13)12(16(3)15-9)18-8-10(17)14-7-5-2/h4-8,13H2,1-3H3,(H,14,17). The Bertz CT molecular complexity index is 403. The first kappa shape index (κ1) is 14.9. The molecule has 0 fully saturated rings. The molecule has 0 saturated carbocycles. The lowest BCUT2D eigenvalue weighted by atomic mass is 10.2. The van der Waals surface area contributed by atoms with Crippen LogP contribution in [0.5, 0.6) is 0 Å². The van der Waals surface area contributed by atoms with Gasteiger partial charge in [-0.25, -0.2) is 0 Å². The van der Waals surface area contributed by atoms with Crippen LogP contribution in [0.25, 0.3) is 0 Å². The van der Waals surface area contributed by atoms with E-state index in [1.807, 2.05) is 14.0 Å². The van der Waals surface area contributed by atoms with E-state index in [2.05, 4.69) is 17.3 Å². The molecule has 0 aliphatic carbocycles. The highest BCUT2D eigenvalue weighted by molar-refractivity contribution is 8.00. The van der Waals surface area contributed by atoms with E-state index in [1.165, 1.54) is 11.8 Å². The van der Waals surface area contributed by atoms with Crippen molar-refractivity contribution in [3.05, 3.63) is 5.69 Å². The van der Waals surface area contributed by atoms with Gasteiger partial charge in [0.25, 0.3) is 0 Å². The van der Waals surface area contributed by atoms with Crippen LogP contribution in [-0.2, 0) is 18.3 Å². The number of hydrogen-bond donors (Lipinski definition) is 2. The monoisotopic (exact) mass is 270 g/mol. The molecule has 3 N–H and O–H groups in total. The molecular weight excluding hydrogens is 248 g/mol. The second-order valence-corrected chi connectivity index (χ2v) is 5.14. The molecule has 0 aromatic carbocycles. The van der Waals surface area contributed by atoms with Crippen molar-refractivity contribution in [1.29, 1.82) is 0 Å². The normalized spacial score (nSPS) is 10.6. The first-order chi connectivity index (χ1) is 8.60. The fraction of sp³-hybridized carbons (Fsp3) is 0.667. The summed E-state index contributed by atoms with van der Waals surface area (Å²) in [5, 5.41) is 8.10. The molecule has 18 heavy (non-hydrogen) atoms. The molecule has 102 valence electrons. The van der Waals surface area contributed by atoms with Crippen LogP contribution >= 0.6 is 11.8 Å². The molecule has 0 aliphatic rings. The summed E-state index contributed by atoms with van der Waals surface area (Å²) in [5.74, 6) is 0.425. The first-order valence-electron chi connectivity index (χ1n) is 6.30. The van der Waals surface area contributed by atoms with Crippen molar-refractivity contribution < 1.29 is 4.79 Å². The number of thioether (sulfide) groups is 1. The van der Waals surface area contributed by atoms with Crippen molar-refractivity contribution in [3.63, 3.8) is 0 Å². The summed E-state index contributed by atoms with van der Waals surface area (Å²) < 4.78 is 1.76. The number of nitrogens with one attached hydrogen (secondary N) is 1. The molecule has 0 unspecified atom stereocenters. The van der Waals surface area contributed by atoms with E-state index in [0.29, 0.717) is 11.4 Å². The molecule has 0 aliphatic heterocycles. The topological polar surface area (TPSA) is 72.9 Å². The predicted octanol–water partition coefficient (Wildman–Crippen LogP) is 1.57. The number of hydrogen-bond acceptors (Lipinski definition) is 4. The van der Waals surface area contributed by atoms with Crippen LogP contribution in [0, 0.1) is 0 Å². The number of anilines is 1. The summed E-state index contributed by atoms with van der Waals surface area (Å²) in [7, 11) is 1.86. The Morgan fingerprint density at radius 3 is 2.78 bits per heavy atom. The largest absolute Gasteiger partial charge is 0.395 e. The molecule has 1 rings (SSSR count). The minimum Gasteiger partial charge on any atom is -0.395 e. The molecule has 5 nitrogen and oxygen atoms in total. The van der Waals surface area contributed by atoms with Crippen LogP contribution < -0.4 is 11.1 Å². The van der Waals surface area contributed by atoms with Gasteiger partial charge in [-0.1, -0.05) is 32.0 Å². The molecular formula is C12H22N4OS. The predicted molar refractivity (Wildman–Crippen MR) is 75.6 cm³/mol. The van der Waals surface area contributed by atoms with Crippen LogP contribution in [0.15, 0.2) is 5.03 Å². The van der Waals surface area contributed by atoms with Crippen molar-refractivity contribution >= 4 is 23.4 Å². The summed E-state index contributed by atoms with van der Waals surface area (Å²) >= 11 is 1.44.